The van der Waals surface area contributed by atoms with Crippen LogP contribution < -0.4 is 0 Å². The van der Waals surface area contributed by atoms with Crippen molar-refractivity contribution in [2.45, 2.75) is 45.1 Å². The topological polar surface area (TPSA) is 20.2 Å². The van der Waals surface area contributed by atoms with Crippen LogP contribution in [0, 0.1) is 29.6 Å². The molecule has 2 atom stereocenters. The summed E-state index contributed by atoms with van der Waals surface area (Å²) in [5.41, 5.74) is 1.88. The monoisotopic (exact) mass is 330 g/mol. The van der Waals surface area contributed by atoms with Gasteiger partial charge in [0, 0.05) is 5.56 Å². The molecule has 0 bridgehead atoms. The highest BCUT2D eigenvalue weighted by Gasteiger charge is 2.18. The van der Waals surface area contributed by atoms with Crippen LogP contribution in [0.1, 0.15) is 56.3 Å². The van der Waals surface area contributed by atoms with Crippen LogP contribution in [0.15, 0.2) is 60.7 Å². The van der Waals surface area contributed by atoms with E-state index in [4.69, 9.17) is 0 Å². The first-order chi connectivity index (χ1) is 12.3. The highest BCUT2D eigenvalue weighted by Crippen LogP contribution is 2.26. The fraction of sp³-hybridized carbons (Fsp3) is 0.333. The molecule has 2 aromatic carbocycles. The van der Waals surface area contributed by atoms with E-state index in [1.807, 2.05) is 60.7 Å². The lowest BCUT2D eigenvalue weighted by Crippen LogP contribution is -2.11. The number of hydrogen-bond donors (Lipinski definition) is 1. The molecule has 0 spiro atoms. The molecular weight excluding hydrogens is 304 g/mol. The van der Waals surface area contributed by atoms with Gasteiger partial charge in [-0.25, -0.2) is 0 Å². The molecule has 0 saturated heterocycles. The van der Waals surface area contributed by atoms with Crippen molar-refractivity contribution in [1.82, 2.24) is 0 Å². The van der Waals surface area contributed by atoms with Crippen molar-refractivity contribution in [3.8, 4) is 23.7 Å². The molecule has 2 unspecified atom stereocenters. The van der Waals surface area contributed by atoms with E-state index < -0.39 is 6.10 Å². The zero-order valence-corrected chi connectivity index (χ0v) is 14.9. The van der Waals surface area contributed by atoms with Gasteiger partial charge in [-0.1, -0.05) is 93.0 Å². The summed E-state index contributed by atoms with van der Waals surface area (Å²) in [5.74, 6) is 12.0. The summed E-state index contributed by atoms with van der Waals surface area (Å²) in [6, 6.07) is 19.6. The third-order valence-electron chi connectivity index (χ3n) is 4.19. The Balaban J connectivity index is 2.06. The number of unbranched alkanes of at least 4 members (excludes halogenated alkanes) is 3. The van der Waals surface area contributed by atoms with Crippen LogP contribution in [0.4, 0.5) is 0 Å². The van der Waals surface area contributed by atoms with Crippen LogP contribution >= 0.6 is 0 Å². The fourth-order valence-corrected chi connectivity index (χ4v) is 2.74. The molecule has 0 fully saturated rings. The molecule has 0 aliphatic rings. The van der Waals surface area contributed by atoms with Crippen molar-refractivity contribution < 1.29 is 5.11 Å². The minimum Gasteiger partial charge on any atom is -0.387 e. The summed E-state index contributed by atoms with van der Waals surface area (Å²) in [4.78, 5) is 0. The van der Waals surface area contributed by atoms with E-state index in [1.165, 1.54) is 19.3 Å². The van der Waals surface area contributed by atoms with Crippen molar-refractivity contribution in [3.05, 3.63) is 71.8 Å². The van der Waals surface area contributed by atoms with Gasteiger partial charge in [-0.15, -0.1) is 0 Å². The van der Waals surface area contributed by atoms with Gasteiger partial charge in [0.25, 0.3) is 0 Å². The molecule has 2 rings (SSSR count). The quantitative estimate of drug-likeness (QED) is 0.535. The molecule has 128 valence electrons. The lowest BCUT2D eigenvalue weighted by Gasteiger charge is -2.18. The van der Waals surface area contributed by atoms with E-state index in [0.717, 1.165) is 24.0 Å². The van der Waals surface area contributed by atoms with Gasteiger partial charge >= 0.3 is 0 Å². The number of aliphatic hydroxyl groups excluding tert-OH is 1. The molecule has 0 aromatic heterocycles. The Bertz CT molecular complexity index is 726. The predicted octanol–water partition coefficient (Wildman–Crippen LogP) is 5.36. The predicted molar refractivity (Wildman–Crippen MR) is 105 cm³/mol. The van der Waals surface area contributed by atoms with E-state index in [-0.39, 0.29) is 5.92 Å². The maximum Gasteiger partial charge on any atom is 0.0927 e. The second-order valence-corrected chi connectivity index (χ2v) is 6.20. The van der Waals surface area contributed by atoms with Crippen molar-refractivity contribution in [1.29, 1.82) is 0 Å². The first kappa shape index (κ1) is 18.9. The summed E-state index contributed by atoms with van der Waals surface area (Å²) in [6.07, 6.45) is 5.05. The summed E-state index contributed by atoms with van der Waals surface area (Å²) in [7, 11) is 0. The van der Waals surface area contributed by atoms with E-state index in [0.29, 0.717) is 0 Å². The molecule has 1 heteroatoms. The van der Waals surface area contributed by atoms with Gasteiger partial charge in [-0.3, -0.25) is 0 Å². The Morgan fingerprint density at radius 3 is 2.20 bits per heavy atom. The molecular formula is C24H26O. The van der Waals surface area contributed by atoms with Crippen LogP contribution in [0.3, 0.4) is 0 Å². The van der Waals surface area contributed by atoms with Gasteiger partial charge < -0.3 is 5.11 Å². The maximum absolute atomic E-state index is 10.7. The van der Waals surface area contributed by atoms with E-state index >= 15 is 0 Å². The maximum atomic E-state index is 10.7. The third kappa shape index (κ3) is 6.88. The molecule has 2 aromatic rings. The lowest BCUT2D eigenvalue weighted by atomic mass is 9.91. The summed E-state index contributed by atoms with van der Waals surface area (Å²) in [5, 5.41) is 10.7. The molecule has 0 aliphatic heterocycles. The van der Waals surface area contributed by atoms with Gasteiger partial charge in [0.1, 0.15) is 0 Å². The summed E-state index contributed by atoms with van der Waals surface area (Å²) >= 11 is 0. The lowest BCUT2D eigenvalue weighted by molar-refractivity contribution is 0.129. The highest BCUT2D eigenvalue weighted by molar-refractivity contribution is 5.40. The smallest absolute Gasteiger partial charge is 0.0927 e. The number of aliphatic hydroxyl groups is 1. The SMILES string of the molecule is CCCCCCC(C#CC#Cc1ccccc1)C(O)c1ccccc1. The first-order valence-electron chi connectivity index (χ1n) is 9.11. The van der Waals surface area contributed by atoms with Crippen LogP contribution in [0.5, 0.6) is 0 Å². The Kier molecular flexibility index (Phi) is 8.40. The molecule has 0 aliphatic carbocycles. The van der Waals surface area contributed by atoms with Crippen LogP contribution in [-0.4, -0.2) is 5.11 Å². The molecule has 0 radical (unpaired) electrons. The molecule has 1 nitrogen and oxygen atoms in total. The van der Waals surface area contributed by atoms with Gasteiger partial charge in [-0.05, 0) is 36.0 Å². The molecule has 0 saturated carbocycles. The second-order valence-electron chi connectivity index (χ2n) is 6.20. The Labute approximate surface area is 152 Å². The molecule has 25 heavy (non-hydrogen) atoms. The van der Waals surface area contributed by atoms with Crippen molar-refractivity contribution in [2.24, 2.45) is 5.92 Å². The van der Waals surface area contributed by atoms with Crippen LogP contribution in [0.2, 0.25) is 0 Å². The van der Waals surface area contributed by atoms with E-state index in [9.17, 15) is 5.11 Å². The average Bonchev–Trinajstić information content (AvgIpc) is 2.67. The van der Waals surface area contributed by atoms with Gasteiger partial charge in [0.15, 0.2) is 0 Å². The van der Waals surface area contributed by atoms with Crippen LogP contribution in [-0.2, 0) is 0 Å². The Hall–Kier alpha value is -2.48. The van der Waals surface area contributed by atoms with E-state index in [2.05, 4.69) is 30.6 Å². The normalized spacial score (nSPS) is 12.2. The Morgan fingerprint density at radius 1 is 0.840 bits per heavy atom. The van der Waals surface area contributed by atoms with E-state index in [1.54, 1.807) is 0 Å². The zero-order chi connectivity index (χ0) is 17.7. The number of benzene rings is 2. The van der Waals surface area contributed by atoms with Crippen molar-refractivity contribution >= 4 is 0 Å². The van der Waals surface area contributed by atoms with Crippen molar-refractivity contribution in [3.63, 3.8) is 0 Å². The fourth-order valence-electron chi connectivity index (χ4n) is 2.74. The summed E-state index contributed by atoms with van der Waals surface area (Å²) in [6.45, 7) is 2.20. The van der Waals surface area contributed by atoms with Gasteiger partial charge in [-0.2, -0.15) is 0 Å². The second kappa shape index (κ2) is 11.1. The molecule has 0 heterocycles. The zero-order valence-electron chi connectivity index (χ0n) is 14.9. The number of rotatable bonds is 7. The largest absolute Gasteiger partial charge is 0.387 e. The third-order valence-corrected chi connectivity index (χ3v) is 4.19. The highest BCUT2D eigenvalue weighted by atomic mass is 16.3. The number of hydrogen-bond acceptors (Lipinski definition) is 1. The van der Waals surface area contributed by atoms with Gasteiger partial charge in [0.05, 0.1) is 12.0 Å². The molecule has 1 N–H and O–H groups in total. The van der Waals surface area contributed by atoms with Crippen LogP contribution in [0.25, 0.3) is 0 Å². The minimum absolute atomic E-state index is 0.0793. The standard InChI is InChI=1S/C24H26O/c1-2-3-4-9-17-23(24(25)22-18-10-6-11-19-22)20-13-12-16-21-14-7-5-8-15-21/h5-8,10-11,14-15,18-19,23-25H,2-4,9,17H2,1H3. The molecule has 0 amide bonds. The van der Waals surface area contributed by atoms with Crippen molar-refractivity contribution in [2.75, 3.05) is 0 Å². The first-order valence-corrected chi connectivity index (χ1v) is 9.11. The van der Waals surface area contributed by atoms with Gasteiger partial charge in [0.2, 0.25) is 0 Å². The summed E-state index contributed by atoms with van der Waals surface area (Å²) < 4.78 is 0. The Morgan fingerprint density at radius 2 is 1.52 bits per heavy atom. The minimum atomic E-state index is -0.561. The average molecular weight is 330 g/mol.